The maximum atomic E-state index is 13.4. The van der Waals surface area contributed by atoms with Gasteiger partial charge in [0.1, 0.15) is 0 Å². The predicted octanol–water partition coefficient (Wildman–Crippen LogP) is 2.03. The second kappa shape index (κ2) is 11.9. The van der Waals surface area contributed by atoms with Crippen molar-refractivity contribution in [3.63, 3.8) is 0 Å². The van der Waals surface area contributed by atoms with Crippen molar-refractivity contribution in [3.8, 4) is 0 Å². The van der Waals surface area contributed by atoms with Gasteiger partial charge in [-0.05, 0) is 51.0 Å². The van der Waals surface area contributed by atoms with E-state index in [4.69, 9.17) is 14.1 Å². The highest BCUT2D eigenvalue weighted by Crippen LogP contribution is 2.30. The Morgan fingerprint density at radius 1 is 1.00 bits per heavy atom. The van der Waals surface area contributed by atoms with Crippen LogP contribution in [0.5, 0.6) is 0 Å². The van der Waals surface area contributed by atoms with Crippen LogP contribution in [0, 0.1) is 6.92 Å². The third-order valence-corrected chi connectivity index (χ3v) is 6.77. The van der Waals surface area contributed by atoms with Crippen molar-refractivity contribution in [1.29, 1.82) is 0 Å². The van der Waals surface area contributed by atoms with E-state index in [0.29, 0.717) is 64.3 Å². The summed E-state index contributed by atoms with van der Waals surface area (Å²) in [6, 6.07) is 6.83. The number of aryl methyl sites for hydroxylation is 1. The van der Waals surface area contributed by atoms with Crippen LogP contribution in [-0.4, -0.2) is 95.9 Å². The molecule has 0 unspecified atom stereocenters. The Kier molecular flexibility index (Phi) is 8.42. The van der Waals surface area contributed by atoms with Gasteiger partial charge in [0.2, 0.25) is 5.91 Å². The lowest BCUT2D eigenvalue weighted by atomic mass is 9.89. The lowest BCUT2D eigenvalue weighted by Crippen LogP contribution is -2.51. The number of hydrogen-bond acceptors (Lipinski definition) is 7. The summed E-state index contributed by atoms with van der Waals surface area (Å²) in [6.07, 6.45) is 2.40. The van der Waals surface area contributed by atoms with Gasteiger partial charge < -0.3 is 29.2 Å². The van der Waals surface area contributed by atoms with E-state index in [9.17, 15) is 19.2 Å². The van der Waals surface area contributed by atoms with Crippen molar-refractivity contribution >= 4 is 23.8 Å². The van der Waals surface area contributed by atoms with Crippen LogP contribution in [0.25, 0.3) is 0 Å². The minimum atomic E-state index is -0.427. The summed E-state index contributed by atoms with van der Waals surface area (Å²) in [5, 5.41) is 2.59. The van der Waals surface area contributed by atoms with Gasteiger partial charge in [-0.3, -0.25) is 19.4 Å². The number of nitrogens with one attached hydrogen (secondary N) is 1. The van der Waals surface area contributed by atoms with Crippen LogP contribution in [0.3, 0.4) is 0 Å². The molecule has 1 N–H and O–H groups in total. The molecule has 198 valence electrons. The van der Waals surface area contributed by atoms with Crippen LogP contribution in [0.2, 0.25) is 0 Å². The molecule has 4 rings (SSSR count). The zero-order valence-corrected chi connectivity index (χ0v) is 21.3. The predicted molar refractivity (Wildman–Crippen MR) is 133 cm³/mol. The van der Waals surface area contributed by atoms with Gasteiger partial charge in [0, 0.05) is 50.9 Å². The molecule has 0 aromatic carbocycles. The molecule has 0 bridgehead atoms. The van der Waals surface area contributed by atoms with Crippen molar-refractivity contribution in [2.24, 2.45) is 0 Å². The first-order chi connectivity index (χ1) is 17.9. The fourth-order valence-electron chi connectivity index (χ4n) is 4.71. The number of aromatic nitrogens is 1. The number of nitrogens with zero attached hydrogens (tertiary/aromatic N) is 4. The minimum absolute atomic E-state index is 0.0430. The van der Waals surface area contributed by atoms with Crippen LogP contribution in [-0.2, 0) is 9.53 Å². The smallest absolute Gasteiger partial charge is 0.409 e. The highest BCUT2D eigenvalue weighted by Gasteiger charge is 2.31. The lowest BCUT2D eigenvalue weighted by molar-refractivity contribution is -0.131. The molecule has 4 amide bonds. The molecule has 2 aliphatic rings. The van der Waals surface area contributed by atoms with Crippen molar-refractivity contribution in [2.75, 3.05) is 52.4 Å². The van der Waals surface area contributed by atoms with Gasteiger partial charge in [0.05, 0.1) is 30.7 Å². The van der Waals surface area contributed by atoms with Crippen LogP contribution >= 0.6 is 0 Å². The Morgan fingerprint density at radius 3 is 2.35 bits per heavy atom. The summed E-state index contributed by atoms with van der Waals surface area (Å²) < 4.78 is 10.1. The van der Waals surface area contributed by atoms with Crippen molar-refractivity contribution in [1.82, 2.24) is 25.0 Å². The standard InChI is InChI=1S/C26H33N5O6/c1-3-36-26(35)31-14-12-30(13-15-31)25(34)20-7-6-18(2)28-23(20)19-8-10-29(11-9-19)22(32)17-27-24(33)21-5-4-16-37-21/h4-7,16,19H,3,8-15,17H2,1-2H3,(H,27,33). The van der Waals surface area contributed by atoms with E-state index in [1.807, 2.05) is 19.1 Å². The molecule has 2 fully saturated rings. The van der Waals surface area contributed by atoms with Crippen LogP contribution < -0.4 is 5.32 Å². The van der Waals surface area contributed by atoms with Gasteiger partial charge in [-0.25, -0.2) is 4.79 Å². The fourth-order valence-corrected chi connectivity index (χ4v) is 4.71. The Bertz CT molecular complexity index is 1120. The normalized spacial score (nSPS) is 16.4. The molecule has 11 heteroatoms. The van der Waals surface area contributed by atoms with Gasteiger partial charge in [0.15, 0.2) is 5.76 Å². The number of hydrogen-bond donors (Lipinski definition) is 1. The van der Waals surface area contributed by atoms with Crippen LogP contribution in [0.4, 0.5) is 4.79 Å². The maximum Gasteiger partial charge on any atom is 0.409 e. The molecule has 0 atom stereocenters. The lowest BCUT2D eigenvalue weighted by Gasteiger charge is -2.35. The van der Waals surface area contributed by atoms with E-state index in [1.165, 1.54) is 6.26 Å². The minimum Gasteiger partial charge on any atom is -0.459 e. The topological polar surface area (TPSA) is 125 Å². The molecule has 0 aliphatic carbocycles. The molecule has 4 heterocycles. The first-order valence-electron chi connectivity index (χ1n) is 12.6. The molecule has 0 saturated carbocycles. The number of likely N-dealkylation sites (tertiary alicyclic amines) is 1. The summed E-state index contributed by atoms with van der Waals surface area (Å²) in [7, 11) is 0. The number of piperidine rings is 1. The highest BCUT2D eigenvalue weighted by molar-refractivity contribution is 5.96. The quantitative estimate of drug-likeness (QED) is 0.629. The second-order valence-corrected chi connectivity index (χ2v) is 9.18. The maximum absolute atomic E-state index is 13.4. The fraction of sp³-hybridized carbons (Fsp3) is 0.500. The van der Waals surface area contributed by atoms with E-state index in [-0.39, 0.29) is 36.1 Å². The number of carbonyl (C=O) groups is 4. The Morgan fingerprint density at radius 2 is 1.70 bits per heavy atom. The number of carbonyl (C=O) groups excluding carboxylic acids is 4. The molecule has 0 radical (unpaired) electrons. The van der Waals surface area contributed by atoms with Crippen molar-refractivity contribution < 1.29 is 28.3 Å². The van der Waals surface area contributed by atoms with Gasteiger partial charge in [-0.1, -0.05) is 0 Å². The molecular formula is C26H33N5O6. The Hall–Kier alpha value is -3.89. The average molecular weight is 512 g/mol. The number of ether oxygens (including phenoxy) is 1. The van der Waals surface area contributed by atoms with E-state index in [2.05, 4.69) is 5.32 Å². The van der Waals surface area contributed by atoms with Crippen LogP contribution in [0.15, 0.2) is 34.9 Å². The highest BCUT2D eigenvalue weighted by atomic mass is 16.6. The molecule has 2 aliphatic heterocycles. The summed E-state index contributed by atoms with van der Waals surface area (Å²) >= 11 is 0. The summed E-state index contributed by atoms with van der Waals surface area (Å²) in [4.78, 5) is 59.9. The van der Waals surface area contributed by atoms with E-state index >= 15 is 0 Å². The first kappa shape index (κ1) is 26.2. The molecule has 11 nitrogen and oxygen atoms in total. The molecule has 2 aromatic rings. The van der Waals surface area contributed by atoms with Gasteiger partial charge in [-0.15, -0.1) is 0 Å². The average Bonchev–Trinajstić information content (AvgIpc) is 3.47. The third kappa shape index (κ3) is 6.28. The second-order valence-electron chi connectivity index (χ2n) is 9.18. The van der Waals surface area contributed by atoms with Crippen molar-refractivity contribution in [3.05, 3.63) is 53.2 Å². The monoisotopic (exact) mass is 511 g/mol. The summed E-state index contributed by atoms with van der Waals surface area (Å²) in [5.41, 5.74) is 2.17. The molecule has 2 aromatic heterocycles. The summed E-state index contributed by atoms with van der Waals surface area (Å²) in [5.74, 6) is -0.474. The van der Waals surface area contributed by atoms with Gasteiger partial charge in [0.25, 0.3) is 11.8 Å². The largest absolute Gasteiger partial charge is 0.459 e. The number of amides is 4. The Balaban J connectivity index is 1.34. The van der Waals surface area contributed by atoms with Crippen molar-refractivity contribution in [2.45, 2.75) is 32.6 Å². The number of rotatable bonds is 6. The number of furan rings is 1. The molecular weight excluding hydrogens is 478 g/mol. The number of piperazine rings is 1. The first-order valence-corrected chi connectivity index (χ1v) is 12.6. The van der Waals surface area contributed by atoms with Gasteiger partial charge in [-0.2, -0.15) is 0 Å². The zero-order chi connectivity index (χ0) is 26.4. The van der Waals surface area contributed by atoms with Gasteiger partial charge >= 0.3 is 6.09 Å². The third-order valence-electron chi connectivity index (χ3n) is 6.77. The van der Waals surface area contributed by atoms with E-state index in [1.54, 1.807) is 33.8 Å². The number of pyridine rings is 1. The summed E-state index contributed by atoms with van der Waals surface area (Å²) in [6.45, 7) is 6.63. The molecule has 37 heavy (non-hydrogen) atoms. The van der Waals surface area contributed by atoms with Crippen LogP contribution in [0.1, 0.15) is 58.0 Å². The molecule has 0 spiro atoms. The SMILES string of the molecule is CCOC(=O)N1CCN(C(=O)c2ccc(C)nc2C2CCN(C(=O)CNC(=O)c3ccco3)CC2)CC1. The molecule has 2 saturated heterocycles. The Labute approximate surface area is 215 Å². The zero-order valence-electron chi connectivity index (χ0n) is 21.3. The van der Waals surface area contributed by atoms with E-state index < -0.39 is 5.91 Å². The van der Waals surface area contributed by atoms with E-state index in [0.717, 1.165) is 11.4 Å².